The third-order valence-electron chi connectivity index (χ3n) is 7.20. The predicted octanol–water partition coefficient (Wildman–Crippen LogP) is 1.81. The fourth-order valence-corrected chi connectivity index (χ4v) is 5.45. The number of piperidine rings is 2. The maximum Gasteiger partial charge on any atom is 0.259 e. The lowest BCUT2D eigenvalue weighted by atomic mass is 9.95. The van der Waals surface area contributed by atoms with Gasteiger partial charge in [0.1, 0.15) is 12.1 Å². The van der Waals surface area contributed by atoms with E-state index in [9.17, 15) is 19.5 Å². The van der Waals surface area contributed by atoms with Crippen molar-refractivity contribution in [2.24, 2.45) is 0 Å². The summed E-state index contributed by atoms with van der Waals surface area (Å²) in [6.45, 7) is 1.91. The summed E-state index contributed by atoms with van der Waals surface area (Å²) in [4.78, 5) is 38.9. The van der Waals surface area contributed by atoms with E-state index in [-0.39, 0.29) is 24.7 Å². The first-order valence-corrected chi connectivity index (χ1v) is 11.7. The SMILES string of the molecule is O=C1CCC(N2C(=O)c3cccc4c(C(O)c5cnn(C6CCNCC6)c5)ccc2c34)C(=O)N1. The molecule has 0 radical (unpaired) electrons. The van der Waals surface area contributed by atoms with Crippen LogP contribution in [0.15, 0.2) is 42.7 Å². The number of aliphatic hydroxyl groups excluding tert-OH is 1. The standard InChI is InChI=1S/C25H25N5O4/c31-21-7-6-20(24(33)28-21)30-19-5-4-17(16-2-1-3-18(22(16)19)25(30)34)23(32)14-12-27-29(13-14)15-8-10-26-11-9-15/h1-5,12-13,15,20,23,26,32H,6-11H2,(H,28,31,33). The van der Waals surface area contributed by atoms with Crippen LogP contribution in [-0.2, 0) is 9.59 Å². The molecule has 2 aromatic carbocycles. The number of hydrogen-bond donors (Lipinski definition) is 3. The molecule has 3 amide bonds. The molecule has 0 bridgehead atoms. The van der Waals surface area contributed by atoms with Gasteiger partial charge in [-0.05, 0) is 55.4 Å². The van der Waals surface area contributed by atoms with Crippen LogP contribution in [0, 0.1) is 0 Å². The number of hydrogen-bond acceptors (Lipinski definition) is 6. The number of nitrogens with one attached hydrogen (secondary N) is 2. The second-order valence-corrected chi connectivity index (χ2v) is 9.18. The van der Waals surface area contributed by atoms with Gasteiger partial charge in [0.05, 0.1) is 17.9 Å². The summed E-state index contributed by atoms with van der Waals surface area (Å²) in [5, 5.41) is 23.0. The summed E-state index contributed by atoms with van der Waals surface area (Å²) >= 11 is 0. The monoisotopic (exact) mass is 459 g/mol. The average Bonchev–Trinajstić information content (AvgIpc) is 3.45. The van der Waals surface area contributed by atoms with Crippen molar-refractivity contribution < 1.29 is 19.5 Å². The highest BCUT2D eigenvalue weighted by Gasteiger charge is 2.41. The fourth-order valence-electron chi connectivity index (χ4n) is 5.45. The normalized spacial score (nSPS) is 21.9. The Bertz CT molecular complexity index is 1330. The van der Waals surface area contributed by atoms with Crippen LogP contribution in [0.1, 0.15) is 59.3 Å². The number of anilines is 1. The fraction of sp³-hybridized carbons (Fsp3) is 0.360. The summed E-state index contributed by atoms with van der Waals surface area (Å²) in [5.41, 5.74) is 2.51. The topological polar surface area (TPSA) is 117 Å². The van der Waals surface area contributed by atoms with E-state index in [1.807, 2.05) is 23.0 Å². The van der Waals surface area contributed by atoms with Crippen molar-refractivity contribution in [3.63, 3.8) is 0 Å². The number of carbonyl (C=O) groups is 3. The third-order valence-corrected chi connectivity index (χ3v) is 7.20. The van der Waals surface area contributed by atoms with E-state index in [1.165, 1.54) is 4.90 Å². The van der Waals surface area contributed by atoms with Gasteiger partial charge in [-0.15, -0.1) is 0 Å². The Hall–Kier alpha value is -3.56. The number of carbonyl (C=O) groups excluding carboxylic acids is 3. The number of aromatic nitrogens is 2. The molecule has 174 valence electrons. The van der Waals surface area contributed by atoms with Crippen molar-refractivity contribution in [3.05, 3.63) is 59.4 Å². The second kappa shape index (κ2) is 8.03. The molecule has 9 nitrogen and oxygen atoms in total. The Balaban J connectivity index is 1.37. The van der Waals surface area contributed by atoms with Crippen LogP contribution >= 0.6 is 0 Å². The van der Waals surface area contributed by atoms with Gasteiger partial charge in [0.25, 0.3) is 5.91 Å². The molecule has 1 aromatic heterocycles. The first kappa shape index (κ1) is 21.0. The smallest absolute Gasteiger partial charge is 0.259 e. The molecule has 0 spiro atoms. The lowest BCUT2D eigenvalue weighted by Gasteiger charge is -2.30. The van der Waals surface area contributed by atoms with Crippen LogP contribution in [0.2, 0.25) is 0 Å². The molecule has 0 aliphatic carbocycles. The van der Waals surface area contributed by atoms with Crippen LogP contribution in [0.3, 0.4) is 0 Å². The van der Waals surface area contributed by atoms with Crippen molar-refractivity contribution in [1.29, 1.82) is 0 Å². The van der Waals surface area contributed by atoms with E-state index in [4.69, 9.17) is 0 Å². The van der Waals surface area contributed by atoms with E-state index >= 15 is 0 Å². The van der Waals surface area contributed by atoms with E-state index < -0.39 is 18.1 Å². The Kier molecular flexibility index (Phi) is 4.96. The molecule has 3 aliphatic heterocycles. The van der Waals surface area contributed by atoms with Gasteiger partial charge in [-0.25, -0.2) is 0 Å². The molecule has 3 N–H and O–H groups in total. The van der Waals surface area contributed by atoms with Crippen LogP contribution < -0.4 is 15.5 Å². The maximum absolute atomic E-state index is 13.3. The van der Waals surface area contributed by atoms with Gasteiger partial charge in [-0.1, -0.05) is 18.2 Å². The molecular formula is C25H25N5O4. The van der Waals surface area contributed by atoms with Gasteiger partial charge in [0, 0.05) is 29.1 Å². The second-order valence-electron chi connectivity index (χ2n) is 9.18. The van der Waals surface area contributed by atoms with Crippen LogP contribution in [-0.4, -0.2) is 51.7 Å². The predicted molar refractivity (Wildman–Crippen MR) is 124 cm³/mol. The van der Waals surface area contributed by atoms with Gasteiger partial charge < -0.3 is 10.4 Å². The zero-order valence-corrected chi connectivity index (χ0v) is 18.5. The Morgan fingerprint density at radius 1 is 1.06 bits per heavy atom. The molecule has 3 aliphatic rings. The summed E-state index contributed by atoms with van der Waals surface area (Å²) < 4.78 is 1.94. The van der Waals surface area contributed by atoms with Gasteiger partial charge in [-0.2, -0.15) is 5.10 Å². The summed E-state index contributed by atoms with van der Waals surface area (Å²) in [6.07, 6.45) is 5.18. The molecule has 2 saturated heterocycles. The summed E-state index contributed by atoms with van der Waals surface area (Å²) in [6, 6.07) is 8.60. The minimum absolute atomic E-state index is 0.192. The first-order valence-electron chi connectivity index (χ1n) is 11.7. The van der Waals surface area contributed by atoms with Crippen molar-refractivity contribution in [1.82, 2.24) is 20.4 Å². The maximum atomic E-state index is 13.3. The molecular weight excluding hydrogens is 434 g/mol. The van der Waals surface area contributed by atoms with Gasteiger partial charge in [-0.3, -0.25) is 29.3 Å². The lowest BCUT2D eigenvalue weighted by molar-refractivity contribution is -0.134. The number of rotatable bonds is 4. The first-order chi connectivity index (χ1) is 16.5. The molecule has 4 heterocycles. The lowest BCUT2D eigenvalue weighted by Crippen LogP contribution is -2.53. The molecule has 6 rings (SSSR count). The Labute approximate surface area is 195 Å². The van der Waals surface area contributed by atoms with E-state index in [0.717, 1.165) is 36.7 Å². The number of imide groups is 1. The van der Waals surface area contributed by atoms with Crippen LogP contribution in [0.25, 0.3) is 10.8 Å². The molecule has 9 heteroatoms. The zero-order valence-electron chi connectivity index (χ0n) is 18.5. The molecule has 2 fully saturated rings. The molecule has 2 unspecified atom stereocenters. The number of amides is 3. The minimum atomic E-state index is -0.903. The largest absolute Gasteiger partial charge is 0.384 e. The minimum Gasteiger partial charge on any atom is -0.384 e. The van der Waals surface area contributed by atoms with Gasteiger partial charge in [0.2, 0.25) is 11.8 Å². The van der Waals surface area contributed by atoms with Gasteiger partial charge >= 0.3 is 0 Å². The summed E-state index contributed by atoms with van der Waals surface area (Å²) in [7, 11) is 0. The quantitative estimate of drug-likeness (QED) is 0.513. The number of benzene rings is 2. The molecule has 0 saturated carbocycles. The van der Waals surface area contributed by atoms with Crippen molar-refractivity contribution in [2.75, 3.05) is 18.0 Å². The van der Waals surface area contributed by atoms with Crippen LogP contribution in [0.5, 0.6) is 0 Å². The average molecular weight is 460 g/mol. The molecule has 2 atom stereocenters. The highest BCUT2D eigenvalue weighted by atomic mass is 16.3. The third kappa shape index (κ3) is 3.23. The van der Waals surface area contributed by atoms with E-state index in [1.54, 1.807) is 24.4 Å². The highest BCUT2D eigenvalue weighted by Crippen LogP contribution is 2.43. The number of aliphatic hydroxyl groups is 1. The Morgan fingerprint density at radius 3 is 2.68 bits per heavy atom. The highest BCUT2D eigenvalue weighted by molar-refractivity contribution is 6.27. The van der Waals surface area contributed by atoms with Crippen molar-refractivity contribution >= 4 is 34.2 Å². The molecule has 34 heavy (non-hydrogen) atoms. The summed E-state index contributed by atoms with van der Waals surface area (Å²) in [5.74, 6) is -1.04. The molecule has 3 aromatic rings. The van der Waals surface area contributed by atoms with E-state index in [2.05, 4.69) is 15.7 Å². The Morgan fingerprint density at radius 2 is 1.88 bits per heavy atom. The number of nitrogens with zero attached hydrogens (tertiary/aromatic N) is 3. The van der Waals surface area contributed by atoms with Crippen molar-refractivity contribution in [2.45, 2.75) is 43.9 Å². The van der Waals surface area contributed by atoms with Crippen LogP contribution in [0.4, 0.5) is 5.69 Å². The van der Waals surface area contributed by atoms with E-state index in [0.29, 0.717) is 28.4 Å². The van der Waals surface area contributed by atoms with Gasteiger partial charge in [0.15, 0.2) is 0 Å². The zero-order chi connectivity index (χ0) is 23.4. The van der Waals surface area contributed by atoms with Crippen molar-refractivity contribution in [3.8, 4) is 0 Å².